The zero-order valence-electron chi connectivity index (χ0n) is 11.6. The third-order valence-corrected chi connectivity index (χ3v) is 2.96. The number of nitrogens with two attached hydrogens (primary N) is 1. The Morgan fingerprint density at radius 2 is 2.05 bits per heavy atom. The number of hydrogen-bond donors (Lipinski definition) is 2. The van der Waals surface area contributed by atoms with Crippen LogP contribution in [-0.4, -0.2) is 30.4 Å². The molecule has 0 aliphatic carbocycles. The van der Waals surface area contributed by atoms with E-state index >= 15 is 0 Å². The van der Waals surface area contributed by atoms with Crippen molar-refractivity contribution in [2.75, 3.05) is 24.6 Å². The van der Waals surface area contributed by atoms with Gasteiger partial charge in [-0.05, 0) is 32.0 Å². The quantitative estimate of drug-likeness (QED) is 0.838. The molecule has 0 aliphatic heterocycles. The Labute approximate surface area is 115 Å². The summed E-state index contributed by atoms with van der Waals surface area (Å²) in [6.07, 6.45) is -4.52. The van der Waals surface area contributed by atoms with Gasteiger partial charge in [0.1, 0.15) is 6.04 Å². The van der Waals surface area contributed by atoms with E-state index in [0.717, 1.165) is 6.07 Å². The molecule has 1 unspecified atom stereocenters. The highest BCUT2D eigenvalue weighted by Gasteiger charge is 2.33. The van der Waals surface area contributed by atoms with Gasteiger partial charge < -0.3 is 16.0 Å². The second-order valence-electron chi connectivity index (χ2n) is 4.52. The summed E-state index contributed by atoms with van der Waals surface area (Å²) in [4.78, 5) is 13.3. The molecule has 0 saturated heterocycles. The van der Waals surface area contributed by atoms with E-state index in [9.17, 15) is 18.0 Å². The first kappa shape index (κ1) is 16.1. The Balaban J connectivity index is 2.92. The Bertz CT molecular complexity index is 488. The minimum absolute atomic E-state index is 0.196. The van der Waals surface area contributed by atoms with Gasteiger partial charge in [-0.2, -0.15) is 13.2 Å². The SMILES string of the molecule is CCN(C)C(=O)C(C)Nc1ccc(N)c(C(F)(F)F)c1. The average Bonchev–Trinajstić information content (AvgIpc) is 2.37. The highest BCUT2D eigenvalue weighted by Crippen LogP contribution is 2.35. The second kappa shape index (κ2) is 6.02. The van der Waals surface area contributed by atoms with Crippen molar-refractivity contribution in [1.82, 2.24) is 4.90 Å². The van der Waals surface area contributed by atoms with E-state index in [1.807, 2.05) is 6.92 Å². The van der Waals surface area contributed by atoms with Crippen molar-refractivity contribution in [3.63, 3.8) is 0 Å². The van der Waals surface area contributed by atoms with E-state index in [1.54, 1.807) is 14.0 Å². The fourth-order valence-electron chi connectivity index (χ4n) is 1.69. The Hall–Kier alpha value is -1.92. The lowest BCUT2D eigenvalue weighted by Crippen LogP contribution is -2.38. The first-order valence-corrected chi connectivity index (χ1v) is 6.15. The maximum atomic E-state index is 12.7. The molecular formula is C13H18F3N3O. The van der Waals surface area contributed by atoms with Crippen molar-refractivity contribution in [3.05, 3.63) is 23.8 Å². The molecule has 0 spiro atoms. The largest absolute Gasteiger partial charge is 0.418 e. The maximum Gasteiger partial charge on any atom is 0.418 e. The molecule has 7 heteroatoms. The molecular weight excluding hydrogens is 271 g/mol. The molecule has 1 atom stereocenters. The maximum absolute atomic E-state index is 12.7. The van der Waals surface area contributed by atoms with Crippen LogP contribution in [0.2, 0.25) is 0 Å². The number of anilines is 2. The molecule has 112 valence electrons. The third-order valence-electron chi connectivity index (χ3n) is 2.96. The van der Waals surface area contributed by atoms with Crippen LogP contribution in [0.4, 0.5) is 24.5 Å². The average molecular weight is 289 g/mol. The lowest BCUT2D eigenvalue weighted by Gasteiger charge is -2.22. The van der Waals surface area contributed by atoms with Crippen molar-refractivity contribution in [2.45, 2.75) is 26.1 Å². The number of hydrogen-bond acceptors (Lipinski definition) is 3. The van der Waals surface area contributed by atoms with Crippen LogP contribution in [0, 0.1) is 0 Å². The predicted octanol–water partition coefficient (Wildman–Crippen LogP) is 2.57. The number of halogens is 3. The third kappa shape index (κ3) is 3.79. The number of rotatable bonds is 4. The van der Waals surface area contributed by atoms with E-state index in [0.29, 0.717) is 6.54 Å². The number of amides is 1. The first-order chi connectivity index (χ1) is 9.16. The van der Waals surface area contributed by atoms with Gasteiger partial charge in [0, 0.05) is 25.0 Å². The van der Waals surface area contributed by atoms with Crippen molar-refractivity contribution in [2.24, 2.45) is 0 Å². The summed E-state index contributed by atoms with van der Waals surface area (Å²) in [5, 5.41) is 2.75. The Morgan fingerprint density at radius 1 is 1.45 bits per heavy atom. The van der Waals surface area contributed by atoms with E-state index < -0.39 is 17.8 Å². The number of carbonyl (C=O) groups is 1. The predicted molar refractivity (Wildman–Crippen MR) is 72.3 cm³/mol. The number of nitrogen functional groups attached to an aromatic ring is 1. The minimum atomic E-state index is -4.52. The summed E-state index contributed by atoms with van der Waals surface area (Å²) >= 11 is 0. The molecule has 20 heavy (non-hydrogen) atoms. The van der Waals surface area contributed by atoms with Crippen molar-refractivity contribution >= 4 is 17.3 Å². The van der Waals surface area contributed by atoms with Gasteiger partial charge in [-0.15, -0.1) is 0 Å². The number of likely N-dealkylation sites (N-methyl/N-ethyl adjacent to an activating group) is 1. The van der Waals surface area contributed by atoms with Crippen molar-refractivity contribution in [3.8, 4) is 0 Å². The zero-order valence-corrected chi connectivity index (χ0v) is 11.6. The molecule has 3 N–H and O–H groups in total. The van der Waals surface area contributed by atoms with E-state index in [2.05, 4.69) is 5.32 Å². The van der Waals surface area contributed by atoms with Gasteiger partial charge in [-0.1, -0.05) is 0 Å². The number of nitrogens with zero attached hydrogens (tertiary/aromatic N) is 1. The van der Waals surface area contributed by atoms with Crippen molar-refractivity contribution in [1.29, 1.82) is 0 Å². The number of carbonyl (C=O) groups excluding carboxylic acids is 1. The fraction of sp³-hybridized carbons (Fsp3) is 0.462. The van der Waals surface area contributed by atoms with Gasteiger partial charge in [-0.25, -0.2) is 0 Å². The lowest BCUT2D eigenvalue weighted by atomic mass is 10.1. The second-order valence-corrected chi connectivity index (χ2v) is 4.52. The van der Waals surface area contributed by atoms with E-state index in [-0.39, 0.29) is 17.3 Å². The van der Waals surface area contributed by atoms with Gasteiger partial charge in [0.15, 0.2) is 0 Å². The highest BCUT2D eigenvalue weighted by atomic mass is 19.4. The minimum Gasteiger partial charge on any atom is -0.398 e. The number of alkyl halides is 3. The summed E-state index contributed by atoms with van der Waals surface area (Å²) in [5.41, 5.74) is 4.27. The summed E-state index contributed by atoms with van der Waals surface area (Å²) < 4.78 is 38.2. The monoisotopic (exact) mass is 289 g/mol. The lowest BCUT2D eigenvalue weighted by molar-refractivity contribution is -0.136. The van der Waals surface area contributed by atoms with Crippen LogP contribution >= 0.6 is 0 Å². The first-order valence-electron chi connectivity index (χ1n) is 6.15. The molecule has 0 heterocycles. The molecule has 0 radical (unpaired) electrons. The highest BCUT2D eigenvalue weighted by molar-refractivity contribution is 5.84. The van der Waals surface area contributed by atoms with Crippen LogP contribution in [0.5, 0.6) is 0 Å². The zero-order chi connectivity index (χ0) is 15.5. The van der Waals surface area contributed by atoms with Gasteiger partial charge >= 0.3 is 6.18 Å². The smallest absolute Gasteiger partial charge is 0.398 e. The molecule has 4 nitrogen and oxygen atoms in total. The van der Waals surface area contributed by atoms with Crippen molar-refractivity contribution < 1.29 is 18.0 Å². The van der Waals surface area contributed by atoms with Gasteiger partial charge in [-0.3, -0.25) is 4.79 Å². The summed E-state index contributed by atoms with van der Waals surface area (Å²) in [7, 11) is 1.63. The summed E-state index contributed by atoms with van der Waals surface area (Å²) in [6, 6.07) is 2.88. The Morgan fingerprint density at radius 3 is 2.55 bits per heavy atom. The summed E-state index contributed by atoms with van der Waals surface area (Å²) in [6.45, 7) is 3.94. The van der Waals surface area contributed by atoms with E-state index in [1.165, 1.54) is 17.0 Å². The molecule has 1 rings (SSSR count). The van der Waals surface area contributed by atoms with Crippen LogP contribution in [-0.2, 0) is 11.0 Å². The van der Waals surface area contributed by atoms with E-state index in [4.69, 9.17) is 5.73 Å². The number of nitrogens with one attached hydrogen (secondary N) is 1. The molecule has 1 aromatic carbocycles. The van der Waals surface area contributed by atoms with Gasteiger partial charge in [0.05, 0.1) is 5.56 Å². The van der Waals surface area contributed by atoms with Crippen LogP contribution in [0.3, 0.4) is 0 Å². The molecule has 0 bridgehead atoms. The Kier molecular flexibility index (Phi) is 4.86. The standard InChI is InChI=1S/C13H18F3N3O/c1-4-19(3)12(20)8(2)18-9-5-6-11(17)10(7-9)13(14,15)16/h5-8,18H,4,17H2,1-3H3. The van der Waals surface area contributed by atoms with Gasteiger partial charge in [0.25, 0.3) is 0 Å². The van der Waals surface area contributed by atoms with Crippen LogP contribution in [0.25, 0.3) is 0 Å². The fourth-order valence-corrected chi connectivity index (χ4v) is 1.69. The van der Waals surface area contributed by atoms with Crippen LogP contribution < -0.4 is 11.1 Å². The topological polar surface area (TPSA) is 58.4 Å². The molecule has 1 amide bonds. The number of benzene rings is 1. The van der Waals surface area contributed by atoms with Crippen LogP contribution in [0.1, 0.15) is 19.4 Å². The summed E-state index contributed by atoms with van der Waals surface area (Å²) in [5.74, 6) is -0.196. The van der Waals surface area contributed by atoms with Crippen LogP contribution in [0.15, 0.2) is 18.2 Å². The molecule has 0 saturated carbocycles. The molecule has 0 aliphatic rings. The normalized spacial score (nSPS) is 12.9. The molecule has 0 fully saturated rings. The molecule has 0 aromatic heterocycles. The van der Waals surface area contributed by atoms with Gasteiger partial charge in [0.2, 0.25) is 5.91 Å². The molecule has 1 aromatic rings.